The number of piperidine rings is 1. The van der Waals surface area contributed by atoms with Crippen LogP contribution in [0.25, 0.3) is 11.3 Å². The maximum absolute atomic E-state index is 13.0. The Labute approximate surface area is 155 Å². The van der Waals surface area contributed by atoms with E-state index in [-0.39, 0.29) is 5.92 Å². The van der Waals surface area contributed by atoms with Gasteiger partial charge in [-0.2, -0.15) is 5.10 Å². The molecule has 2 aliphatic heterocycles. The van der Waals surface area contributed by atoms with Crippen LogP contribution in [0.15, 0.2) is 30.3 Å². The van der Waals surface area contributed by atoms with Crippen LogP contribution in [0.3, 0.4) is 0 Å². The average Bonchev–Trinajstić information content (AvgIpc) is 2.83. The molecule has 1 fully saturated rings. The second kappa shape index (κ2) is 7.23. The maximum atomic E-state index is 13.0. The molecule has 5 nitrogen and oxygen atoms in total. The lowest BCUT2D eigenvalue weighted by Crippen LogP contribution is -2.44. The third-order valence-corrected chi connectivity index (χ3v) is 5.81. The summed E-state index contributed by atoms with van der Waals surface area (Å²) in [4.78, 5) is 17.4. The molecule has 138 valence electrons. The molecule has 3 heterocycles. The molecular formula is C21H28N4O. The molecule has 0 bridgehead atoms. The number of carbonyl (C=O) groups excluding carboxylic acids is 1. The van der Waals surface area contributed by atoms with Crippen LogP contribution in [0.5, 0.6) is 0 Å². The molecule has 1 aromatic heterocycles. The van der Waals surface area contributed by atoms with E-state index < -0.39 is 0 Å². The van der Waals surface area contributed by atoms with Crippen molar-refractivity contribution < 1.29 is 4.79 Å². The van der Waals surface area contributed by atoms with Gasteiger partial charge in [0, 0.05) is 44.2 Å². The zero-order chi connectivity index (χ0) is 18.1. The number of nitrogens with zero attached hydrogens (tertiary/aromatic N) is 4. The van der Waals surface area contributed by atoms with Gasteiger partial charge in [0.25, 0.3) is 0 Å². The smallest absolute Gasteiger partial charge is 0.226 e. The van der Waals surface area contributed by atoms with Gasteiger partial charge in [-0.25, -0.2) is 0 Å². The van der Waals surface area contributed by atoms with Gasteiger partial charge in [0.2, 0.25) is 5.91 Å². The summed E-state index contributed by atoms with van der Waals surface area (Å²) in [5.41, 5.74) is 4.88. The highest BCUT2D eigenvalue weighted by Gasteiger charge is 2.30. The molecule has 1 atom stereocenters. The second-order valence-electron chi connectivity index (χ2n) is 7.69. The average molecular weight is 352 g/mol. The van der Waals surface area contributed by atoms with Gasteiger partial charge in [0.05, 0.1) is 17.3 Å². The number of carbonyl (C=O) groups is 1. The zero-order valence-corrected chi connectivity index (χ0v) is 15.8. The monoisotopic (exact) mass is 352 g/mol. The van der Waals surface area contributed by atoms with Gasteiger partial charge < -0.3 is 9.80 Å². The summed E-state index contributed by atoms with van der Waals surface area (Å²) in [6.45, 7) is 3.60. The van der Waals surface area contributed by atoms with Crippen LogP contribution in [0, 0.1) is 5.92 Å². The van der Waals surface area contributed by atoms with E-state index in [9.17, 15) is 4.79 Å². The predicted molar refractivity (Wildman–Crippen MR) is 103 cm³/mol. The molecule has 1 saturated heterocycles. The number of benzene rings is 1. The minimum Gasteiger partial charge on any atom is -0.342 e. The van der Waals surface area contributed by atoms with E-state index in [0.717, 1.165) is 57.6 Å². The highest BCUT2D eigenvalue weighted by atomic mass is 16.2. The molecule has 1 aromatic carbocycles. The summed E-state index contributed by atoms with van der Waals surface area (Å²) >= 11 is 0. The van der Waals surface area contributed by atoms with Crippen molar-refractivity contribution in [1.29, 1.82) is 0 Å². The number of amides is 1. The Bertz CT molecular complexity index is 783. The summed E-state index contributed by atoms with van der Waals surface area (Å²) < 4.78 is 2.01. The number of aromatic nitrogens is 2. The number of rotatable bonds is 2. The zero-order valence-electron chi connectivity index (χ0n) is 15.8. The molecule has 5 heteroatoms. The first kappa shape index (κ1) is 17.3. The Morgan fingerprint density at radius 1 is 1.08 bits per heavy atom. The summed E-state index contributed by atoms with van der Waals surface area (Å²) in [5.74, 6) is 0.506. The molecule has 0 aliphatic carbocycles. The fourth-order valence-corrected chi connectivity index (χ4v) is 4.49. The lowest BCUT2D eigenvalue weighted by molar-refractivity contribution is -0.137. The number of likely N-dealkylation sites (tertiary alicyclic amines) is 1. The summed E-state index contributed by atoms with van der Waals surface area (Å²) in [6, 6.07) is 10.5. The van der Waals surface area contributed by atoms with E-state index >= 15 is 0 Å². The molecule has 1 amide bonds. The van der Waals surface area contributed by atoms with Crippen LogP contribution in [0.1, 0.15) is 24.1 Å². The Balaban J connectivity index is 1.53. The van der Waals surface area contributed by atoms with Gasteiger partial charge in [0.1, 0.15) is 0 Å². The van der Waals surface area contributed by atoms with Crippen LogP contribution in [-0.2, 0) is 24.7 Å². The second-order valence-corrected chi connectivity index (χ2v) is 7.69. The fourth-order valence-electron chi connectivity index (χ4n) is 4.49. The Morgan fingerprint density at radius 3 is 2.62 bits per heavy atom. The van der Waals surface area contributed by atoms with Crippen molar-refractivity contribution in [3.05, 3.63) is 41.6 Å². The summed E-state index contributed by atoms with van der Waals surface area (Å²) in [7, 11) is 4.14. The molecule has 2 aliphatic rings. The summed E-state index contributed by atoms with van der Waals surface area (Å²) in [5, 5.41) is 4.78. The number of fused-ring (bicyclic) bond motifs is 1. The Kier molecular flexibility index (Phi) is 4.81. The third-order valence-electron chi connectivity index (χ3n) is 5.81. The van der Waals surface area contributed by atoms with Crippen LogP contribution < -0.4 is 0 Å². The molecule has 0 saturated carbocycles. The number of hydrogen-bond acceptors (Lipinski definition) is 3. The van der Waals surface area contributed by atoms with Gasteiger partial charge in [0.15, 0.2) is 0 Å². The SMILES string of the molecule is CN1CCCC(C(=O)N2CCc3nn(C)c(-c4ccccc4)c3CC2)C1. The molecule has 0 radical (unpaired) electrons. The van der Waals surface area contributed by atoms with E-state index in [4.69, 9.17) is 5.10 Å². The fraction of sp³-hybridized carbons (Fsp3) is 0.524. The van der Waals surface area contributed by atoms with Crippen molar-refractivity contribution in [3.63, 3.8) is 0 Å². The predicted octanol–water partition coefficient (Wildman–Crippen LogP) is 2.36. The number of aryl methyl sites for hydroxylation is 1. The van der Waals surface area contributed by atoms with Gasteiger partial charge in [-0.05, 0) is 32.9 Å². The van der Waals surface area contributed by atoms with Crippen molar-refractivity contribution in [2.45, 2.75) is 25.7 Å². The van der Waals surface area contributed by atoms with Crippen molar-refractivity contribution in [3.8, 4) is 11.3 Å². The highest BCUT2D eigenvalue weighted by Crippen LogP contribution is 2.29. The van der Waals surface area contributed by atoms with Crippen molar-refractivity contribution in [1.82, 2.24) is 19.6 Å². The molecule has 0 spiro atoms. The molecule has 26 heavy (non-hydrogen) atoms. The van der Waals surface area contributed by atoms with Crippen molar-refractivity contribution in [2.24, 2.45) is 13.0 Å². The third kappa shape index (κ3) is 3.28. The van der Waals surface area contributed by atoms with E-state index in [1.165, 1.54) is 16.8 Å². The molecular weight excluding hydrogens is 324 g/mol. The van der Waals surface area contributed by atoms with Crippen molar-refractivity contribution >= 4 is 5.91 Å². The van der Waals surface area contributed by atoms with Crippen LogP contribution in [-0.4, -0.2) is 58.7 Å². The van der Waals surface area contributed by atoms with Crippen LogP contribution in [0.4, 0.5) is 0 Å². The van der Waals surface area contributed by atoms with E-state index in [1.54, 1.807) is 0 Å². The van der Waals surface area contributed by atoms with Gasteiger partial charge in [-0.3, -0.25) is 9.48 Å². The normalized spacial score (nSPS) is 21.3. The van der Waals surface area contributed by atoms with E-state index in [1.807, 2.05) is 17.8 Å². The molecule has 1 unspecified atom stereocenters. The quantitative estimate of drug-likeness (QED) is 0.833. The van der Waals surface area contributed by atoms with Crippen LogP contribution in [0.2, 0.25) is 0 Å². The lowest BCUT2D eigenvalue weighted by Gasteiger charge is -2.32. The van der Waals surface area contributed by atoms with Gasteiger partial charge in [-0.1, -0.05) is 30.3 Å². The standard InChI is InChI=1S/C21H28N4O/c1-23-12-6-9-17(15-23)21(26)25-13-10-18-19(11-14-25)22-24(2)20(18)16-7-4-3-5-8-16/h3-5,7-8,17H,6,9-15H2,1-2H3. The molecule has 0 N–H and O–H groups in total. The first-order valence-corrected chi connectivity index (χ1v) is 9.71. The first-order chi connectivity index (χ1) is 12.6. The minimum atomic E-state index is 0.166. The highest BCUT2D eigenvalue weighted by molar-refractivity contribution is 5.79. The van der Waals surface area contributed by atoms with Crippen molar-refractivity contribution in [2.75, 3.05) is 33.2 Å². The lowest BCUT2D eigenvalue weighted by atomic mass is 9.97. The van der Waals surface area contributed by atoms with Gasteiger partial charge >= 0.3 is 0 Å². The Hall–Kier alpha value is -2.14. The van der Waals surface area contributed by atoms with E-state index in [2.05, 4.69) is 41.1 Å². The minimum absolute atomic E-state index is 0.166. The van der Waals surface area contributed by atoms with Gasteiger partial charge in [-0.15, -0.1) is 0 Å². The topological polar surface area (TPSA) is 41.4 Å². The Morgan fingerprint density at radius 2 is 1.85 bits per heavy atom. The molecule has 2 aromatic rings. The van der Waals surface area contributed by atoms with Crippen LogP contribution >= 0.6 is 0 Å². The van der Waals surface area contributed by atoms with E-state index in [0.29, 0.717) is 5.91 Å². The maximum Gasteiger partial charge on any atom is 0.226 e. The first-order valence-electron chi connectivity index (χ1n) is 9.71. The molecule has 4 rings (SSSR count). The summed E-state index contributed by atoms with van der Waals surface area (Å²) in [6.07, 6.45) is 3.90. The number of hydrogen-bond donors (Lipinski definition) is 0. The largest absolute Gasteiger partial charge is 0.342 e.